The van der Waals surface area contributed by atoms with Crippen molar-refractivity contribution in [3.63, 3.8) is 0 Å². The molecule has 1 aliphatic carbocycles. The van der Waals surface area contributed by atoms with Gasteiger partial charge in [0.1, 0.15) is 0 Å². The first-order chi connectivity index (χ1) is 12.1. The van der Waals surface area contributed by atoms with Crippen molar-refractivity contribution in [3.8, 4) is 0 Å². The van der Waals surface area contributed by atoms with Crippen molar-refractivity contribution in [2.24, 2.45) is 7.05 Å². The van der Waals surface area contributed by atoms with Crippen LogP contribution in [-0.4, -0.2) is 27.6 Å². The van der Waals surface area contributed by atoms with Crippen LogP contribution >= 0.6 is 0 Å². The van der Waals surface area contributed by atoms with E-state index in [1.54, 1.807) is 10.9 Å². The molecule has 2 amide bonds. The molecule has 1 aromatic rings. The van der Waals surface area contributed by atoms with E-state index in [0.29, 0.717) is 0 Å². The highest BCUT2D eigenvalue weighted by Crippen LogP contribution is 2.18. The summed E-state index contributed by atoms with van der Waals surface area (Å²) in [5.74, 6) is -0.0878. The Bertz CT molecular complexity index is 547. The molecule has 0 radical (unpaired) electrons. The van der Waals surface area contributed by atoms with E-state index in [9.17, 15) is 9.59 Å². The lowest BCUT2D eigenvalue weighted by Gasteiger charge is -2.21. The van der Waals surface area contributed by atoms with Gasteiger partial charge in [0.25, 0.3) is 0 Å². The van der Waals surface area contributed by atoms with Crippen molar-refractivity contribution in [1.29, 1.82) is 0 Å². The normalized spacial score (nSPS) is 17.4. The van der Waals surface area contributed by atoms with Crippen molar-refractivity contribution in [2.75, 3.05) is 0 Å². The first kappa shape index (κ1) is 19.5. The maximum atomic E-state index is 12.2. The van der Waals surface area contributed by atoms with E-state index in [2.05, 4.69) is 15.7 Å². The maximum absolute atomic E-state index is 12.2. The van der Waals surface area contributed by atoms with Crippen LogP contribution in [0.25, 0.3) is 0 Å². The van der Waals surface area contributed by atoms with Gasteiger partial charge in [-0.15, -0.1) is 0 Å². The Balaban J connectivity index is 1.73. The van der Waals surface area contributed by atoms with Crippen molar-refractivity contribution in [1.82, 2.24) is 20.4 Å². The van der Waals surface area contributed by atoms with Crippen molar-refractivity contribution < 1.29 is 9.59 Å². The third-order valence-corrected chi connectivity index (χ3v) is 5.01. The summed E-state index contributed by atoms with van der Waals surface area (Å²) in [6.07, 6.45) is 11.4. The summed E-state index contributed by atoms with van der Waals surface area (Å²) in [6.45, 7) is 2.03. The lowest BCUT2D eigenvalue weighted by molar-refractivity contribution is -0.127. The maximum Gasteiger partial charge on any atom is 0.221 e. The fourth-order valence-electron chi connectivity index (χ4n) is 3.50. The third kappa shape index (κ3) is 6.52. The SMILES string of the molecule is CC[C@H](NC(=O)CCC(=O)NC1CCCCCCC1)c1ccnn1C. The Morgan fingerprint density at radius 3 is 2.40 bits per heavy atom. The van der Waals surface area contributed by atoms with E-state index in [1.807, 2.05) is 20.0 Å². The minimum absolute atomic E-state index is 0.00527. The van der Waals surface area contributed by atoms with Crippen LogP contribution in [0.15, 0.2) is 12.3 Å². The third-order valence-electron chi connectivity index (χ3n) is 5.01. The molecule has 0 saturated heterocycles. The van der Waals surface area contributed by atoms with Gasteiger partial charge < -0.3 is 10.6 Å². The van der Waals surface area contributed by atoms with E-state index in [0.717, 1.165) is 25.0 Å². The average Bonchev–Trinajstić information content (AvgIpc) is 2.99. The van der Waals surface area contributed by atoms with Crippen LogP contribution in [0.4, 0.5) is 0 Å². The molecule has 1 aromatic heterocycles. The zero-order chi connectivity index (χ0) is 18.1. The van der Waals surface area contributed by atoms with Crippen LogP contribution in [0.3, 0.4) is 0 Å². The number of hydrogen-bond acceptors (Lipinski definition) is 3. The summed E-state index contributed by atoms with van der Waals surface area (Å²) in [5, 5.41) is 10.3. The van der Waals surface area contributed by atoms with Gasteiger partial charge in [0.05, 0.1) is 11.7 Å². The topological polar surface area (TPSA) is 76.0 Å². The molecule has 140 valence electrons. The van der Waals surface area contributed by atoms with Gasteiger partial charge in [-0.05, 0) is 25.3 Å². The Hall–Kier alpha value is -1.85. The summed E-state index contributed by atoms with van der Waals surface area (Å²) < 4.78 is 1.77. The molecular weight excluding hydrogens is 316 g/mol. The first-order valence-electron chi connectivity index (χ1n) is 9.66. The summed E-state index contributed by atoms with van der Waals surface area (Å²) in [5.41, 5.74) is 0.981. The molecule has 6 nitrogen and oxygen atoms in total. The molecule has 0 bridgehead atoms. The molecule has 1 aliphatic rings. The highest BCUT2D eigenvalue weighted by molar-refractivity contribution is 5.84. The Morgan fingerprint density at radius 2 is 1.80 bits per heavy atom. The van der Waals surface area contributed by atoms with Gasteiger partial charge in [-0.2, -0.15) is 5.10 Å². The van der Waals surface area contributed by atoms with Gasteiger partial charge in [0.15, 0.2) is 0 Å². The van der Waals surface area contributed by atoms with E-state index >= 15 is 0 Å². The number of hydrogen-bond donors (Lipinski definition) is 2. The van der Waals surface area contributed by atoms with Crippen LogP contribution < -0.4 is 10.6 Å². The smallest absolute Gasteiger partial charge is 0.221 e. The summed E-state index contributed by atoms with van der Waals surface area (Å²) >= 11 is 0. The van der Waals surface area contributed by atoms with Gasteiger partial charge in [-0.25, -0.2) is 0 Å². The lowest BCUT2D eigenvalue weighted by Crippen LogP contribution is -2.36. The van der Waals surface area contributed by atoms with Gasteiger partial charge in [0.2, 0.25) is 11.8 Å². The standard InChI is InChI=1S/C19H32N4O2/c1-3-16(17-13-14-20-23(17)2)22-19(25)12-11-18(24)21-15-9-7-5-4-6-8-10-15/h13-16H,3-12H2,1-2H3,(H,21,24)(H,22,25)/t16-/m0/s1. The molecule has 0 aromatic carbocycles. The molecule has 1 atom stereocenters. The molecule has 0 spiro atoms. The molecule has 1 heterocycles. The van der Waals surface area contributed by atoms with Crippen LogP contribution in [-0.2, 0) is 16.6 Å². The van der Waals surface area contributed by atoms with Crippen molar-refractivity contribution >= 4 is 11.8 Å². The van der Waals surface area contributed by atoms with Crippen LogP contribution in [0.2, 0.25) is 0 Å². The monoisotopic (exact) mass is 348 g/mol. The second-order valence-electron chi connectivity index (χ2n) is 7.02. The van der Waals surface area contributed by atoms with Crippen molar-refractivity contribution in [3.05, 3.63) is 18.0 Å². The zero-order valence-corrected chi connectivity index (χ0v) is 15.6. The fourth-order valence-corrected chi connectivity index (χ4v) is 3.50. The number of amides is 2. The summed E-state index contributed by atoms with van der Waals surface area (Å²) in [7, 11) is 1.87. The predicted molar refractivity (Wildman–Crippen MR) is 97.9 cm³/mol. The molecular formula is C19H32N4O2. The Labute approximate surface area is 150 Å². The number of nitrogens with zero attached hydrogens (tertiary/aromatic N) is 2. The number of aromatic nitrogens is 2. The van der Waals surface area contributed by atoms with Crippen LogP contribution in [0.1, 0.15) is 82.9 Å². The quantitative estimate of drug-likeness (QED) is 0.795. The number of nitrogens with one attached hydrogen (secondary N) is 2. The van der Waals surface area contributed by atoms with E-state index < -0.39 is 0 Å². The van der Waals surface area contributed by atoms with E-state index in [4.69, 9.17) is 0 Å². The minimum atomic E-state index is -0.0825. The zero-order valence-electron chi connectivity index (χ0n) is 15.6. The molecule has 1 fully saturated rings. The Kier molecular flexibility index (Phi) is 7.95. The minimum Gasteiger partial charge on any atom is -0.353 e. The molecule has 0 unspecified atom stereocenters. The second kappa shape index (κ2) is 10.2. The molecule has 2 N–H and O–H groups in total. The van der Waals surface area contributed by atoms with Gasteiger partial charge >= 0.3 is 0 Å². The van der Waals surface area contributed by atoms with E-state index in [-0.39, 0.29) is 36.7 Å². The van der Waals surface area contributed by atoms with E-state index in [1.165, 1.54) is 32.1 Å². The van der Waals surface area contributed by atoms with Crippen LogP contribution in [0, 0.1) is 0 Å². The molecule has 25 heavy (non-hydrogen) atoms. The van der Waals surface area contributed by atoms with Crippen LogP contribution in [0.5, 0.6) is 0 Å². The number of carbonyl (C=O) groups is 2. The molecule has 6 heteroatoms. The lowest BCUT2D eigenvalue weighted by atomic mass is 9.96. The molecule has 1 saturated carbocycles. The summed E-state index contributed by atoms with van der Waals surface area (Å²) in [4.78, 5) is 24.3. The number of aryl methyl sites for hydroxylation is 1. The fraction of sp³-hybridized carbons (Fsp3) is 0.737. The highest BCUT2D eigenvalue weighted by Gasteiger charge is 2.18. The molecule has 2 rings (SSSR count). The average molecular weight is 348 g/mol. The summed E-state index contributed by atoms with van der Waals surface area (Å²) in [6, 6.07) is 2.14. The van der Waals surface area contributed by atoms with Gasteiger partial charge in [-0.1, -0.05) is 39.0 Å². The first-order valence-corrected chi connectivity index (χ1v) is 9.66. The predicted octanol–water partition coefficient (Wildman–Crippen LogP) is 3.00. The second-order valence-corrected chi connectivity index (χ2v) is 7.02. The highest BCUT2D eigenvalue weighted by atomic mass is 16.2. The Morgan fingerprint density at radius 1 is 1.16 bits per heavy atom. The van der Waals surface area contributed by atoms with Gasteiger partial charge in [0, 0.05) is 32.1 Å². The molecule has 0 aliphatic heterocycles. The van der Waals surface area contributed by atoms with Crippen molar-refractivity contribution in [2.45, 2.75) is 83.2 Å². The number of rotatable bonds is 7. The largest absolute Gasteiger partial charge is 0.353 e. The van der Waals surface area contributed by atoms with Gasteiger partial charge in [-0.3, -0.25) is 14.3 Å². The number of carbonyl (C=O) groups excluding carboxylic acids is 2.